The van der Waals surface area contributed by atoms with Crippen LogP contribution in [0.15, 0.2) is 29.3 Å². The molecule has 1 heterocycles. The zero-order valence-electron chi connectivity index (χ0n) is 12.3. The van der Waals surface area contributed by atoms with Gasteiger partial charge in [0, 0.05) is 12.0 Å². The maximum atomic E-state index is 9.04. The van der Waals surface area contributed by atoms with Gasteiger partial charge in [-0.05, 0) is 38.1 Å². The van der Waals surface area contributed by atoms with E-state index in [-0.39, 0.29) is 0 Å². The predicted molar refractivity (Wildman–Crippen MR) is 80.3 cm³/mol. The number of nitrogens with one attached hydrogen (secondary N) is 1. The van der Waals surface area contributed by atoms with Crippen LogP contribution in [0.4, 0.5) is 0 Å². The Bertz CT molecular complexity index is 702. The summed E-state index contributed by atoms with van der Waals surface area (Å²) in [4.78, 5) is 4.51. The topological polar surface area (TPSA) is 81.2 Å². The van der Waals surface area contributed by atoms with Crippen molar-refractivity contribution >= 4 is 11.5 Å². The SMILES string of the molecule is CCC(=NC1=CC(C)(C)Oc2ccc(C#N)cc21)NC#N. The quantitative estimate of drug-likeness (QED) is 0.391. The molecular formula is C16H16N4O. The summed E-state index contributed by atoms with van der Waals surface area (Å²) in [6.07, 6.45) is 4.39. The molecule has 1 N–H and O–H groups in total. The minimum atomic E-state index is -0.495. The molecule has 0 unspecified atom stereocenters. The van der Waals surface area contributed by atoms with E-state index < -0.39 is 5.60 Å². The van der Waals surface area contributed by atoms with Crippen molar-refractivity contribution in [2.45, 2.75) is 32.8 Å². The van der Waals surface area contributed by atoms with E-state index in [9.17, 15) is 0 Å². The first-order valence-corrected chi connectivity index (χ1v) is 6.68. The van der Waals surface area contributed by atoms with E-state index in [1.807, 2.05) is 33.0 Å². The zero-order valence-corrected chi connectivity index (χ0v) is 12.3. The Balaban J connectivity index is 2.56. The van der Waals surface area contributed by atoms with Crippen molar-refractivity contribution in [3.63, 3.8) is 0 Å². The van der Waals surface area contributed by atoms with Gasteiger partial charge in [-0.1, -0.05) is 6.92 Å². The van der Waals surface area contributed by atoms with Crippen molar-refractivity contribution in [2.75, 3.05) is 0 Å². The van der Waals surface area contributed by atoms with Gasteiger partial charge in [0.15, 0.2) is 6.19 Å². The summed E-state index contributed by atoms with van der Waals surface area (Å²) < 4.78 is 5.88. The predicted octanol–water partition coefficient (Wildman–Crippen LogP) is 2.95. The molecule has 0 fully saturated rings. The molecule has 0 radical (unpaired) electrons. The van der Waals surface area contributed by atoms with Crippen LogP contribution in [0, 0.1) is 22.8 Å². The molecule has 21 heavy (non-hydrogen) atoms. The molecule has 1 aliphatic rings. The van der Waals surface area contributed by atoms with Crippen molar-refractivity contribution in [2.24, 2.45) is 4.99 Å². The lowest BCUT2D eigenvalue weighted by atomic mass is 9.98. The fourth-order valence-corrected chi connectivity index (χ4v) is 2.11. The van der Waals surface area contributed by atoms with Gasteiger partial charge in [0.2, 0.25) is 0 Å². The van der Waals surface area contributed by atoms with Crippen molar-refractivity contribution in [3.8, 4) is 18.0 Å². The van der Waals surface area contributed by atoms with Crippen molar-refractivity contribution in [3.05, 3.63) is 35.4 Å². The lowest BCUT2D eigenvalue weighted by Crippen LogP contribution is -2.29. The lowest BCUT2D eigenvalue weighted by molar-refractivity contribution is 0.158. The first-order valence-electron chi connectivity index (χ1n) is 6.68. The Hall–Kier alpha value is -2.79. The van der Waals surface area contributed by atoms with Crippen LogP contribution in [0.2, 0.25) is 0 Å². The average Bonchev–Trinajstić information content (AvgIpc) is 2.45. The molecule has 0 saturated heterocycles. The van der Waals surface area contributed by atoms with Gasteiger partial charge in [-0.25, -0.2) is 4.99 Å². The Kier molecular flexibility index (Phi) is 3.95. The molecule has 0 amide bonds. The Morgan fingerprint density at radius 1 is 1.38 bits per heavy atom. The maximum Gasteiger partial charge on any atom is 0.182 e. The first kappa shape index (κ1) is 14.6. The smallest absolute Gasteiger partial charge is 0.182 e. The molecule has 1 aliphatic heterocycles. The molecule has 1 aromatic carbocycles. The number of hydrogen-bond donors (Lipinski definition) is 1. The number of nitrogens with zero attached hydrogens (tertiary/aromatic N) is 3. The monoisotopic (exact) mass is 280 g/mol. The van der Waals surface area contributed by atoms with Gasteiger partial charge in [-0.15, -0.1) is 0 Å². The second kappa shape index (κ2) is 5.68. The number of fused-ring (bicyclic) bond motifs is 1. The average molecular weight is 280 g/mol. The highest BCUT2D eigenvalue weighted by Gasteiger charge is 2.27. The number of benzene rings is 1. The van der Waals surface area contributed by atoms with Crippen LogP contribution in [-0.4, -0.2) is 11.4 Å². The summed E-state index contributed by atoms with van der Waals surface area (Å²) in [5.74, 6) is 1.27. The highest BCUT2D eigenvalue weighted by molar-refractivity contribution is 5.90. The fraction of sp³-hybridized carbons (Fsp3) is 0.312. The molecule has 0 spiro atoms. The number of rotatable bonds is 2. The van der Waals surface area contributed by atoms with Crippen LogP contribution in [-0.2, 0) is 0 Å². The Morgan fingerprint density at radius 2 is 2.14 bits per heavy atom. The molecule has 0 bridgehead atoms. The van der Waals surface area contributed by atoms with Crippen LogP contribution in [0.5, 0.6) is 5.75 Å². The van der Waals surface area contributed by atoms with Crippen LogP contribution in [0.3, 0.4) is 0 Å². The summed E-state index contributed by atoms with van der Waals surface area (Å²) in [5.41, 5.74) is 1.52. The van der Waals surface area contributed by atoms with E-state index in [4.69, 9.17) is 15.3 Å². The van der Waals surface area contributed by atoms with Gasteiger partial charge < -0.3 is 4.74 Å². The van der Waals surface area contributed by atoms with E-state index in [0.717, 1.165) is 5.56 Å². The Labute approximate surface area is 124 Å². The third-order valence-corrected chi connectivity index (χ3v) is 3.03. The minimum Gasteiger partial charge on any atom is -0.483 e. The summed E-state index contributed by atoms with van der Waals surface area (Å²) in [5, 5.41) is 20.4. The standard InChI is InChI=1S/C16H16N4O/c1-4-15(19-10-18)20-13-8-16(2,3)21-14-6-5-11(9-17)7-12(13)14/h5-8H,4H2,1-3H3,(H,19,20). The van der Waals surface area contributed by atoms with Gasteiger partial charge in [-0.2, -0.15) is 10.5 Å². The van der Waals surface area contributed by atoms with E-state index >= 15 is 0 Å². The fourth-order valence-electron chi connectivity index (χ4n) is 2.11. The molecule has 1 aromatic rings. The molecule has 0 aromatic heterocycles. The van der Waals surface area contributed by atoms with Crippen molar-refractivity contribution < 1.29 is 4.74 Å². The van der Waals surface area contributed by atoms with Gasteiger partial charge >= 0.3 is 0 Å². The van der Waals surface area contributed by atoms with Crippen LogP contribution in [0.25, 0.3) is 5.70 Å². The second-order valence-corrected chi connectivity index (χ2v) is 5.21. The molecule has 5 heteroatoms. The van der Waals surface area contributed by atoms with Gasteiger partial charge in [0.05, 0.1) is 17.3 Å². The number of nitriles is 2. The molecule has 0 saturated carbocycles. The number of aliphatic imine (C=N–C) groups is 1. The zero-order chi connectivity index (χ0) is 15.5. The summed E-state index contributed by atoms with van der Waals surface area (Å²) in [6, 6.07) is 7.36. The highest BCUT2D eigenvalue weighted by Crippen LogP contribution is 2.37. The van der Waals surface area contributed by atoms with E-state index in [1.54, 1.807) is 18.2 Å². The van der Waals surface area contributed by atoms with E-state index in [0.29, 0.717) is 29.3 Å². The second-order valence-electron chi connectivity index (χ2n) is 5.21. The third-order valence-electron chi connectivity index (χ3n) is 3.03. The lowest BCUT2D eigenvalue weighted by Gasteiger charge is -2.30. The normalized spacial score (nSPS) is 15.9. The number of hydrogen-bond acceptors (Lipinski definition) is 4. The summed E-state index contributed by atoms with van der Waals surface area (Å²) in [6.45, 7) is 5.79. The van der Waals surface area contributed by atoms with Crippen molar-refractivity contribution in [1.29, 1.82) is 10.5 Å². The van der Waals surface area contributed by atoms with E-state index in [2.05, 4.69) is 16.4 Å². The van der Waals surface area contributed by atoms with Gasteiger partial charge in [-0.3, -0.25) is 5.32 Å². The largest absolute Gasteiger partial charge is 0.483 e. The van der Waals surface area contributed by atoms with Crippen LogP contribution < -0.4 is 10.1 Å². The molecule has 0 aliphatic carbocycles. The Morgan fingerprint density at radius 3 is 2.76 bits per heavy atom. The van der Waals surface area contributed by atoms with Crippen molar-refractivity contribution in [1.82, 2.24) is 5.32 Å². The van der Waals surface area contributed by atoms with Gasteiger partial charge in [0.1, 0.15) is 17.2 Å². The molecule has 5 nitrogen and oxygen atoms in total. The number of amidine groups is 1. The van der Waals surface area contributed by atoms with Crippen LogP contribution in [0.1, 0.15) is 38.3 Å². The van der Waals surface area contributed by atoms with Crippen LogP contribution >= 0.6 is 0 Å². The molecule has 0 atom stereocenters. The highest BCUT2D eigenvalue weighted by atomic mass is 16.5. The summed E-state index contributed by atoms with van der Waals surface area (Å²) >= 11 is 0. The molecule has 106 valence electrons. The molecular weight excluding hydrogens is 264 g/mol. The van der Waals surface area contributed by atoms with E-state index in [1.165, 1.54) is 0 Å². The minimum absolute atomic E-state index is 0.495. The first-order chi connectivity index (χ1) is 9.99. The maximum absolute atomic E-state index is 9.04. The third kappa shape index (κ3) is 3.21. The number of ether oxygens (including phenoxy) is 1. The summed E-state index contributed by atoms with van der Waals surface area (Å²) in [7, 11) is 0. The molecule has 2 rings (SSSR count). The van der Waals surface area contributed by atoms with Gasteiger partial charge in [0.25, 0.3) is 0 Å².